The minimum atomic E-state index is -0.631. The van der Waals surface area contributed by atoms with Crippen molar-refractivity contribution in [3.05, 3.63) is 41.4 Å². The van der Waals surface area contributed by atoms with Gasteiger partial charge in [0.05, 0.1) is 31.7 Å². The average molecular weight is 442 g/mol. The van der Waals surface area contributed by atoms with Crippen molar-refractivity contribution in [2.45, 2.75) is 19.4 Å². The number of aromatic nitrogens is 1. The zero-order valence-electron chi connectivity index (χ0n) is 17.2. The molecule has 31 heavy (non-hydrogen) atoms. The fraction of sp³-hybridized carbons (Fsp3) is 0.364. The van der Waals surface area contributed by atoms with Crippen molar-refractivity contribution < 1.29 is 28.6 Å². The van der Waals surface area contributed by atoms with Gasteiger partial charge in [0.1, 0.15) is 18.2 Å². The second-order valence-electron chi connectivity index (χ2n) is 7.29. The number of imide groups is 1. The van der Waals surface area contributed by atoms with Crippen LogP contribution in [0.1, 0.15) is 18.5 Å². The Morgan fingerprint density at radius 2 is 1.77 bits per heavy atom. The number of hydrogen-bond donors (Lipinski definition) is 0. The Labute approximate surface area is 183 Å². The van der Waals surface area contributed by atoms with Crippen molar-refractivity contribution in [3.63, 3.8) is 0 Å². The van der Waals surface area contributed by atoms with Gasteiger partial charge in [0, 0.05) is 10.9 Å². The third-order valence-electron chi connectivity index (χ3n) is 5.45. The second-order valence-corrected chi connectivity index (χ2v) is 8.15. The molecule has 2 atom stereocenters. The van der Waals surface area contributed by atoms with E-state index in [2.05, 4.69) is 4.98 Å². The lowest BCUT2D eigenvalue weighted by atomic mass is 9.85. The first-order valence-electron chi connectivity index (χ1n) is 9.84. The standard InChI is InChI=1S/C22H22N2O6S/c1-28-17-8-7-13(9-18(17)29-2)20-23-14(12-31-20)11-30-19(25)10-24-21(26)15-5-3-4-6-16(15)22(24)27/h3-4,7-9,12,15-16H,5-6,10-11H2,1-2H3. The van der Waals surface area contributed by atoms with E-state index in [0.717, 1.165) is 15.5 Å². The number of likely N-dealkylation sites (tertiary alicyclic amines) is 1. The first kappa shape index (κ1) is 21.0. The molecule has 9 heteroatoms. The molecule has 0 radical (unpaired) electrons. The number of esters is 1. The van der Waals surface area contributed by atoms with Gasteiger partial charge in [0.15, 0.2) is 11.5 Å². The van der Waals surface area contributed by atoms with Crippen molar-refractivity contribution in [3.8, 4) is 22.1 Å². The van der Waals surface area contributed by atoms with Gasteiger partial charge < -0.3 is 14.2 Å². The minimum Gasteiger partial charge on any atom is -0.493 e. The van der Waals surface area contributed by atoms with Gasteiger partial charge in [0.2, 0.25) is 11.8 Å². The molecule has 2 unspecified atom stereocenters. The van der Waals surface area contributed by atoms with Gasteiger partial charge >= 0.3 is 5.97 Å². The molecule has 1 saturated heterocycles. The Balaban J connectivity index is 1.35. The molecule has 2 heterocycles. The van der Waals surface area contributed by atoms with Crippen LogP contribution in [0, 0.1) is 11.8 Å². The molecule has 1 aliphatic carbocycles. The van der Waals surface area contributed by atoms with Crippen molar-refractivity contribution in [2.24, 2.45) is 11.8 Å². The molecule has 0 spiro atoms. The van der Waals surface area contributed by atoms with E-state index in [9.17, 15) is 14.4 Å². The zero-order valence-corrected chi connectivity index (χ0v) is 18.0. The molecule has 162 valence electrons. The van der Waals surface area contributed by atoms with E-state index in [-0.39, 0.29) is 36.8 Å². The number of thiazole rings is 1. The Bertz CT molecular complexity index is 1020. The summed E-state index contributed by atoms with van der Waals surface area (Å²) < 4.78 is 15.8. The molecule has 0 N–H and O–H groups in total. The van der Waals surface area contributed by atoms with Crippen LogP contribution in [0.3, 0.4) is 0 Å². The lowest BCUT2D eigenvalue weighted by molar-refractivity contribution is -0.153. The second kappa shape index (κ2) is 8.89. The van der Waals surface area contributed by atoms with Crippen molar-refractivity contribution in [1.29, 1.82) is 0 Å². The molecular formula is C22H22N2O6S. The molecule has 2 aromatic rings. The Morgan fingerprint density at radius 1 is 1.10 bits per heavy atom. The highest BCUT2D eigenvalue weighted by Gasteiger charge is 2.47. The number of fused-ring (bicyclic) bond motifs is 1. The molecule has 0 bridgehead atoms. The number of carbonyl (C=O) groups excluding carboxylic acids is 3. The van der Waals surface area contributed by atoms with Crippen LogP contribution in [-0.2, 0) is 25.7 Å². The number of benzene rings is 1. The number of methoxy groups -OCH3 is 2. The van der Waals surface area contributed by atoms with Gasteiger partial charge in [-0.1, -0.05) is 12.2 Å². The number of rotatable bonds is 7. The topological polar surface area (TPSA) is 95.0 Å². The molecule has 0 saturated carbocycles. The predicted molar refractivity (Wildman–Crippen MR) is 113 cm³/mol. The SMILES string of the molecule is COc1ccc(-c2nc(COC(=O)CN3C(=O)C4CC=CCC4C3=O)cs2)cc1OC. The molecule has 1 aromatic heterocycles. The largest absolute Gasteiger partial charge is 0.493 e. The highest BCUT2D eigenvalue weighted by atomic mass is 32.1. The Kier molecular flexibility index (Phi) is 6.03. The number of allylic oxidation sites excluding steroid dienone is 2. The summed E-state index contributed by atoms with van der Waals surface area (Å²) in [7, 11) is 3.14. The summed E-state index contributed by atoms with van der Waals surface area (Å²) in [6, 6.07) is 5.49. The van der Waals surface area contributed by atoms with Gasteiger partial charge in [0.25, 0.3) is 0 Å². The van der Waals surface area contributed by atoms with E-state index < -0.39 is 5.97 Å². The first-order chi connectivity index (χ1) is 15.0. The monoisotopic (exact) mass is 442 g/mol. The normalized spacial score (nSPS) is 20.0. The van der Waals surface area contributed by atoms with Crippen LogP contribution >= 0.6 is 11.3 Å². The number of hydrogen-bond acceptors (Lipinski definition) is 8. The number of ether oxygens (including phenoxy) is 3. The smallest absolute Gasteiger partial charge is 0.326 e. The summed E-state index contributed by atoms with van der Waals surface area (Å²) in [5.74, 6) is -0.700. The van der Waals surface area contributed by atoms with E-state index in [0.29, 0.717) is 30.0 Å². The van der Waals surface area contributed by atoms with Crippen molar-refractivity contribution >= 4 is 29.1 Å². The van der Waals surface area contributed by atoms with Crippen LogP contribution in [0.5, 0.6) is 11.5 Å². The minimum absolute atomic E-state index is 0.0345. The fourth-order valence-corrected chi connectivity index (χ4v) is 4.63. The quantitative estimate of drug-likeness (QED) is 0.370. The predicted octanol–water partition coefficient (Wildman–Crippen LogP) is 2.82. The average Bonchev–Trinajstić information content (AvgIpc) is 3.37. The maximum Gasteiger partial charge on any atom is 0.326 e. The van der Waals surface area contributed by atoms with Crippen LogP contribution in [0.4, 0.5) is 0 Å². The Morgan fingerprint density at radius 3 is 2.42 bits per heavy atom. The first-order valence-corrected chi connectivity index (χ1v) is 10.7. The lowest BCUT2D eigenvalue weighted by Gasteiger charge is -2.14. The fourth-order valence-electron chi connectivity index (χ4n) is 3.83. The molecule has 2 aliphatic rings. The van der Waals surface area contributed by atoms with Crippen LogP contribution in [0.2, 0.25) is 0 Å². The van der Waals surface area contributed by atoms with Gasteiger partial charge in [-0.2, -0.15) is 0 Å². The third kappa shape index (κ3) is 4.18. The van der Waals surface area contributed by atoms with Gasteiger partial charge in [-0.25, -0.2) is 4.98 Å². The molecular weight excluding hydrogens is 420 g/mol. The van der Waals surface area contributed by atoms with Crippen LogP contribution in [-0.4, -0.2) is 48.4 Å². The summed E-state index contributed by atoms with van der Waals surface area (Å²) in [5, 5.41) is 2.54. The molecule has 8 nitrogen and oxygen atoms in total. The number of amides is 2. The lowest BCUT2D eigenvalue weighted by Crippen LogP contribution is -2.36. The molecule has 2 amide bonds. The van der Waals surface area contributed by atoms with Crippen LogP contribution in [0.25, 0.3) is 10.6 Å². The summed E-state index contributed by atoms with van der Waals surface area (Å²) in [6.45, 7) is -0.398. The summed E-state index contributed by atoms with van der Waals surface area (Å²) in [6.07, 6.45) is 4.90. The zero-order chi connectivity index (χ0) is 22.0. The molecule has 1 fully saturated rings. The molecule has 1 aliphatic heterocycles. The van der Waals surface area contributed by atoms with Crippen LogP contribution < -0.4 is 9.47 Å². The van der Waals surface area contributed by atoms with E-state index in [1.165, 1.54) is 11.3 Å². The molecule has 1 aromatic carbocycles. The molecule has 4 rings (SSSR count). The summed E-state index contributed by atoms with van der Waals surface area (Å²) >= 11 is 1.41. The van der Waals surface area contributed by atoms with E-state index in [1.807, 2.05) is 24.3 Å². The summed E-state index contributed by atoms with van der Waals surface area (Å²) in [5.41, 5.74) is 1.43. The van der Waals surface area contributed by atoms with Crippen molar-refractivity contribution in [2.75, 3.05) is 20.8 Å². The maximum absolute atomic E-state index is 12.5. The third-order valence-corrected chi connectivity index (χ3v) is 6.39. The van der Waals surface area contributed by atoms with Crippen LogP contribution in [0.15, 0.2) is 35.7 Å². The van der Waals surface area contributed by atoms with Gasteiger partial charge in [-0.3, -0.25) is 19.3 Å². The highest BCUT2D eigenvalue weighted by molar-refractivity contribution is 7.13. The number of nitrogens with zero attached hydrogens (tertiary/aromatic N) is 2. The van der Waals surface area contributed by atoms with E-state index in [1.54, 1.807) is 25.7 Å². The van der Waals surface area contributed by atoms with E-state index in [4.69, 9.17) is 14.2 Å². The Hall–Kier alpha value is -3.20. The highest BCUT2D eigenvalue weighted by Crippen LogP contribution is 2.35. The van der Waals surface area contributed by atoms with Gasteiger partial charge in [-0.05, 0) is 31.0 Å². The van der Waals surface area contributed by atoms with E-state index >= 15 is 0 Å². The maximum atomic E-state index is 12.5. The van der Waals surface area contributed by atoms with Gasteiger partial charge in [-0.15, -0.1) is 11.3 Å². The van der Waals surface area contributed by atoms with Crippen molar-refractivity contribution in [1.82, 2.24) is 9.88 Å². The summed E-state index contributed by atoms with van der Waals surface area (Å²) in [4.78, 5) is 42.7. The number of carbonyl (C=O) groups is 3.